The van der Waals surface area contributed by atoms with Crippen LogP contribution in [0, 0.1) is 5.92 Å². The highest BCUT2D eigenvalue weighted by molar-refractivity contribution is 5.98. The van der Waals surface area contributed by atoms with Gasteiger partial charge >= 0.3 is 5.97 Å². The Morgan fingerprint density at radius 1 is 1.18 bits per heavy atom. The molecule has 1 aliphatic heterocycles. The zero-order valence-corrected chi connectivity index (χ0v) is 16.7. The monoisotopic (exact) mass is 392 g/mol. The summed E-state index contributed by atoms with van der Waals surface area (Å²) in [5.41, 5.74) is 0.318. The molecule has 8 nitrogen and oxygen atoms in total. The van der Waals surface area contributed by atoms with Gasteiger partial charge in [-0.3, -0.25) is 14.4 Å². The van der Waals surface area contributed by atoms with E-state index in [1.807, 2.05) is 13.8 Å². The van der Waals surface area contributed by atoms with E-state index in [-0.39, 0.29) is 24.3 Å². The lowest BCUT2D eigenvalue weighted by atomic mass is 10.0. The van der Waals surface area contributed by atoms with E-state index in [0.717, 1.165) is 6.42 Å². The molecule has 2 amide bonds. The van der Waals surface area contributed by atoms with Gasteiger partial charge in [-0.05, 0) is 30.9 Å². The minimum absolute atomic E-state index is 0.0857. The predicted molar refractivity (Wildman–Crippen MR) is 103 cm³/mol. The van der Waals surface area contributed by atoms with Crippen LogP contribution in [0.5, 0.6) is 11.5 Å². The molecule has 0 aromatic heterocycles. The molecule has 28 heavy (non-hydrogen) atoms. The molecular formula is C20H28N2O6. The topological polar surface area (TPSA) is 105 Å². The smallest absolute Gasteiger partial charge is 0.305 e. The van der Waals surface area contributed by atoms with Crippen LogP contribution < -0.4 is 14.8 Å². The van der Waals surface area contributed by atoms with Crippen molar-refractivity contribution in [1.82, 2.24) is 10.2 Å². The number of methoxy groups -OCH3 is 2. The minimum atomic E-state index is -0.932. The van der Waals surface area contributed by atoms with Crippen LogP contribution in [0.4, 0.5) is 0 Å². The molecule has 8 heteroatoms. The molecule has 0 spiro atoms. The van der Waals surface area contributed by atoms with E-state index in [0.29, 0.717) is 30.0 Å². The second-order valence-corrected chi connectivity index (χ2v) is 7.22. The molecular weight excluding hydrogens is 364 g/mol. The molecule has 1 saturated heterocycles. The summed E-state index contributed by atoms with van der Waals surface area (Å²) in [7, 11) is 2.99. The summed E-state index contributed by atoms with van der Waals surface area (Å²) in [5.74, 6) is -0.815. The Kier molecular flexibility index (Phi) is 7.25. The first-order valence-corrected chi connectivity index (χ1v) is 9.33. The third-order valence-corrected chi connectivity index (χ3v) is 4.90. The lowest BCUT2D eigenvalue weighted by Crippen LogP contribution is -2.52. The van der Waals surface area contributed by atoms with Crippen molar-refractivity contribution in [2.75, 3.05) is 20.8 Å². The Bertz CT molecular complexity index is 711. The van der Waals surface area contributed by atoms with Crippen LogP contribution in [-0.4, -0.2) is 60.6 Å². The van der Waals surface area contributed by atoms with Crippen molar-refractivity contribution in [2.45, 2.75) is 45.2 Å². The van der Waals surface area contributed by atoms with Crippen molar-refractivity contribution in [3.8, 4) is 11.5 Å². The van der Waals surface area contributed by atoms with Gasteiger partial charge in [0, 0.05) is 24.2 Å². The summed E-state index contributed by atoms with van der Waals surface area (Å²) in [6.07, 6.45) is 1.33. The number of ether oxygens (including phenoxy) is 2. The van der Waals surface area contributed by atoms with Crippen LogP contribution in [0.15, 0.2) is 18.2 Å². The summed E-state index contributed by atoms with van der Waals surface area (Å²) in [5, 5.41) is 11.9. The van der Waals surface area contributed by atoms with Gasteiger partial charge in [-0.15, -0.1) is 0 Å². The summed E-state index contributed by atoms with van der Waals surface area (Å²) in [6, 6.07) is 3.72. The van der Waals surface area contributed by atoms with Gasteiger partial charge in [-0.1, -0.05) is 13.8 Å². The average Bonchev–Trinajstić information content (AvgIpc) is 3.11. The molecule has 0 bridgehead atoms. The number of carboxylic acid groups (broad SMARTS) is 1. The predicted octanol–water partition coefficient (Wildman–Crippen LogP) is 1.92. The molecule has 1 fully saturated rings. The Hall–Kier alpha value is -2.77. The number of carboxylic acids is 1. The molecule has 1 heterocycles. The SMILES string of the molecule is COc1cc(OC)cc(C(=O)NC(C(=O)N2CCCC2CC(=O)O)C(C)C)c1. The number of aliphatic carboxylic acids is 1. The number of hydrogen-bond donors (Lipinski definition) is 2. The molecule has 0 aliphatic carbocycles. The zero-order valence-electron chi connectivity index (χ0n) is 16.7. The maximum absolute atomic E-state index is 13.1. The van der Waals surface area contributed by atoms with Gasteiger partial charge in [-0.2, -0.15) is 0 Å². The molecule has 2 unspecified atom stereocenters. The third-order valence-electron chi connectivity index (χ3n) is 4.90. The number of nitrogens with zero attached hydrogens (tertiary/aromatic N) is 1. The van der Waals surface area contributed by atoms with E-state index in [9.17, 15) is 14.4 Å². The molecule has 1 aromatic rings. The highest BCUT2D eigenvalue weighted by Crippen LogP contribution is 2.24. The number of carbonyl (C=O) groups is 3. The van der Waals surface area contributed by atoms with Crippen molar-refractivity contribution in [3.63, 3.8) is 0 Å². The van der Waals surface area contributed by atoms with E-state index in [4.69, 9.17) is 14.6 Å². The Morgan fingerprint density at radius 3 is 2.29 bits per heavy atom. The van der Waals surface area contributed by atoms with Crippen molar-refractivity contribution in [2.24, 2.45) is 5.92 Å². The van der Waals surface area contributed by atoms with Crippen LogP contribution >= 0.6 is 0 Å². The number of likely N-dealkylation sites (tertiary alicyclic amines) is 1. The van der Waals surface area contributed by atoms with Crippen LogP contribution in [-0.2, 0) is 9.59 Å². The maximum Gasteiger partial charge on any atom is 0.305 e. The molecule has 1 aromatic carbocycles. The van der Waals surface area contributed by atoms with E-state index in [1.165, 1.54) is 14.2 Å². The number of hydrogen-bond acceptors (Lipinski definition) is 5. The van der Waals surface area contributed by atoms with Gasteiger partial charge in [-0.25, -0.2) is 0 Å². The first kappa shape index (κ1) is 21.5. The lowest BCUT2D eigenvalue weighted by Gasteiger charge is -2.30. The van der Waals surface area contributed by atoms with Crippen molar-refractivity contribution in [1.29, 1.82) is 0 Å². The summed E-state index contributed by atoms with van der Waals surface area (Å²) in [4.78, 5) is 38.5. The molecule has 2 rings (SSSR count). The highest BCUT2D eigenvalue weighted by Gasteiger charge is 2.36. The first-order valence-electron chi connectivity index (χ1n) is 9.33. The second-order valence-electron chi connectivity index (χ2n) is 7.22. The lowest BCUT2D eigenvalue weighted by molar-refractivity contribution is -0.140. The van der Waals surface area contributed by atoms with E-state index in [2.05, 4.69) is 5.32 Å². The van der Waals surface area contributed by atoms with Crippen molar-refractivity contribution < 1.29 is 29.0 Å². The number of rotatable bonds is 8. The number of nitrogens with one attached hydrogen (secondary N) is 1. The first-order chi connectivity index (χ1) is 13.3. The number of amides is 2. The fourth-order valence-electron chi connectivity index (χ4n) is 3.39. The van der Waals surface area contributed by atoms with Crippen molar-refractivity contribution >= 4 is 17.8 Å². The fraction of sp³-hybridized carbons (Fsp3) is 0.550. The fourth-order valence-corrected chi connectivity index (χ4v) is 3.39. The third kappa shape index (κ3) is 5.15. The Balaban J connectivity index is 2.19. The van der Waals surface area contributed by atoms with Gasteiger partial charge in [0.05, 0.1) is 20.6 Å². The Morgan fingerprint density at radius 2 is 1.79 bits per heavy atom. The standard InChI is InChI=1S/C20H28N2O6/c1-12(2)18(20(26)22-7-5-6-14(22)10-17(23)24)21-19(25)13-8-15(27-3)11-16(9-13)28-4/h8-9,11-12,14,18H,5-7,10H2,1-4H3,(H,21,25)(H,23,24). The van der Waals surface area contributed by atoms with Gasteiger partial charge in [0.15, 0.2) is 0 Å². The number of benzene rings is 1. The van der Waals surface area contributed by atoms with Crippen molar-refractivity contribution in [3.05, 3.63) is 23.8 Å². The van der Waals surface area contributed by atoms with Crippen LogP contribution in [0.3, 0.4) is 0 Å². The van der Waals surface area contributed by atoms with Crippen LogP contribution in [0.25, 0.3) is 0 Å². The van der Waals surface area contributed by atoms with E-state index in [1.54, 1.807) is 23.1 Å². The van der Waals surface area contributed by atoms with E-state index >= 15 is 0 Å². The molecule has 1 aliphatic rings. The highest BCUT2D eigenvalue weighted by atomic mass is 16.5. The molecule has 0 saturated carbocycles. The van der Waals surface area contributed by atoms with Gasteiger partial charge in [0.25, 0.3) is 5.91 Å². The van der Waals surface area contributed by atoms with Gasteiger partial charge < -0.3 is 24.8 Å². The molecule has 154 valence electrons. The normalized spacial score (nSPS) is 17.3. The summed E-state index contributed by atoms with van der Waals surface area (Å²) >= 11 is 0. The second kappa shape index (κ2) is 9.43. The summed E-state index contributed by atoms with van der Waals surface area (Å²) < 4.78 is 10.4. The molecule has 0 radical (unpaired) electrons. The van der Waals surface area contributed by atoms with Gasteiger partial charge in [0.1, 0.15) is 17.5 Å². The van der Waals surface area contributed by atoms with Gasteiger partial charge in [0.2, 0.25) is 5.91 Å². The Labute approximate surface area is 164 Å². The van der Waals surface area contributed by atoms with Crippen LogP contribution in [0.2, 0.25) is 0 Å². The summed E-state index contributed by atoms with van der Waals surface area (Å²) in [6.45, 7) is 4.19. The average molecular weight is 392 g/mol. The molecule has 2 N–H and O–H groups in total. The van der Waals surface area contributed by atoms with Crippen LogP contribution in [0.1, 0.15) is 43.5 Å². The minimum Gasteiger partial charge on any atom is -0.497 e. The largest absolute Gasteiger partial charge is 0.497 e. The maximum atomic E-state index is 13.1. The van der Waals surface area contributed by atoms with E-state index < -0.39 is 17.9 Å². The molecule has 2 atom stereocenters. The zero-order chi connectivity index (χ0) is 20.8. The quantitative estimate of drug-likeness (QED) is 0.700. The number of carbonyl (C=O) groups excluding carboxylic acids is 2.